The van der Waals surface area contributed by atoms with Gasteiger partial charge in [0.05, 0.1) is 34.5 Å². The highest BCUT2D eigenvalue weighted by Gasteiger charge is 2.28. The number of aromatic amines is 1. The van der Waals surface area contributed by atoms with Gasteiger partial charge in [-0.25, -0.2) is 13.8 Å². The first-order chi connectivity index (χ1) is 20.4. The first-order valence-electron chi connectivity index (χ1n) is 14.2. The van der Waals surface area contributed by atoms with Crippen LogP contribution in [0.4, 0.5) is 14.5 Å². The molecule has 1 fully saturated rings. The van der Waals surface area contributed by atoms with E-state index in [4.69, 9.17) is 15.7 Å². The molecule has 1 atom stereocenters. The summed E-state index contributed by atoms with van der Waals surface area (Å²) in [7, 11) is 0. The normalized spacial score (nSPS) is 15.1. The number of fused-ring (bicyclic) bond motifs is 2. The van der Waals surface area contributed by atoms with Gasteiger partial charge in [-0.1, -0.05) is 12.1 Å². The molecule has 4 aromatic heterocycles. The Morgan fingerprint density at radius 2 is 1.69 bits per heavy atom. The highest BCUT2D eigenvalue weighted by molar-refractivity contribution is 6.08. The summed E-state index contributed by atoms with van der Waals surface area (Å²) in [4.78, 5) is 12.0. The molecule has 1 saturated heterocycles. The van der Waals surface area contributed by atoms with E-state index in [1.165, 1.54) is 12.1 Å². The summed E-state index contributed by atoms with van der Waals surface area (Å²) in [5.41, 5.74) is 14.0. The minimum atomic E-state index is -0.626. The molecule has 5 heterocycles. The van der Waals surface area contributed by atoms with Crippen molar-refractivity contribution in [1.29, 1.82) is 0 Å². The van der Waals surface area contributed by atoms with Crippen LogP contribution in [0.25, 0.3) is 44.2 Å². The first-order valence-corrected chi connectivity index (χ1v) is 14.2. The van der Waals surface area contributed by atoms with E-state index < -0.39 is 11.6 Å². The average molecular weight is 564 g/mol. The maximum Gasteiger partial charge on any atom is 0.143 e. The molecule has 1 aliphatic rings. The number of aryl methyl sites for hydroxylation is 1. The van der Waals surface area contributed by atoms with Gasteiger partial charge in [-0.15, -0.1) is 0 Å². The summed E-state index contributed by atoms with van der Waals surface area (Å²) in [6.07, 6.45) is 9.19. The topological polar surface area (TPSA) is 88.7 Å². The van der Waals surface area contributed by atoms with Crippen molar-refractivity contribution in [2.75, 3.05) is 18.0 Å². The maximum absolute atomic E-state index is 14.5. The molecule has 0 spiro atoms. The van der Waals surface area contributed by atoms with E-state index in [1.807, 2.05) is 31.5 Å². The Morgan fingerprint density at radius 3 is 2.43 bits per heavy atom. The summed E-state index contributed by atoms with van der Waals surface area (Å²) in [5, 5.41) is 9.15. The van der Waals surface area contributed by atoms with Crippen molar-refractivity contribution in [3.63, 3.8) is 0 Å². The zero-order chi connectivity index (χ0) is 29.0. The fraction of sp³-hybridized carbons (Fsp3) is 0.242. The third-order valence-corrected chi connectivity index (χ3v) is 8.37. The van der Waals surface area contributed by atoms with E-state index in [0.717, 1.165) is 82.0 Å². The SMILES string of the molecule is Cc1ccc(C(C)n2cc(-c3ccc4[nH]ncc4c3)c3c(N4CCC(N)CC4)c(-c4cc(F)cc(F)c4)cnc32)nc1. The third-order valence-electron chi connectivity index (χ3n) is 8.37. The Labute approximate surface area is 242 Å². The van der Waals surface area contributed by atoms with Crippen LogP contribution in [-0.2, 0) is 0 Å². The molecule has 0 bridgehead atoms. The van der Waals surface area contributed by atoms with Gasteiger partial charge in [-0.2, -0.15) is 5.10 Å². The van der Waals surface area contributed by atoms with Gasteiger partial charge in [0.15, 0.2) is 0 Å². The number of nitrogens with two attached hydrogens (primary N) is 1. The predicted octanol–water partition coefficient (Wildman–Crippen LogP) is 6.77. The zero-order valence-electron chi connectivity index (χ0n) is 23.5. The highest BCUT2D eigenvalue weighted by Crippen LogP contribution is 2.45. The lowest BCUT2D eigenvalue weighted by Crippen LogP contribution is -2.40. The van der Waals surface area contributed by atoms with Crippen LogP contribution < -0.4 is 10.6 Å². The molecule has 3 N–H and O–H groups in total. The van der Waals surface area contributed by atoms with E-state index in [1.54, 1.807) is 6.20 Å². The molecule has 7 nitrogen and oxygen atoms in total. The lowest BCUT2D eigenvalue weighted by Gasteiger charge is -2.34. The summed E-state index contributed by atoms with van der Waals surface area (Å²) in [6.45, 7) is 5.58. The van der Waals surface area contributed by atoms with Gasteiger partial charge in [-0.05, 0) is 73.7 Å². The van der Waals surface area contributed by atoms with Gasteiger partial charge in [0.2, 0.25) is 0 Å². The van der Waals surface area contributed by atoms with Crippen molar-refractivity contribution in [2.24, 2.45) is 5.73 Å². The molecule has 9 heteroatoms. The number of H-pyrrole nitrogens is 1. The molecule has 6 aromatic rings. The number of pyridine rings is 2. The van der Waals surface area contributed by atoms with Crippen molar-refractivity contribution in [3.8, 4) is 22.3 Å². The van der Waals surface area contributed by atoms with E-state index in [9.17, 15) is 8.78 Å². The van der Waals surface area contributed by atoms with Crippen LogP contribution in [0, 0.1) is 18.6 Å². The Morgan fingerprint density at radius 1 is 0.905 bits per heavy atom. The second-order valence-electron chi connectivity index (χ2n) is 11.3. The Kier molecular flexibility index (Phi) is 6.46. The number of hydrogen-bond acceptors (Lipinski definition) is 5. The van der Waals surface area contributed by atoms with Gasteiger partial charge in [0, 0.05) is 60.3 Å². The van der Waals surface area contributed by atoms with Gasteiger partial charge in [0.1, 0.15) is 17.3 Å². The molecule has 0 aliphatic carbocycles. The summed E-state index contributed by atoms with van der Waals surface area (Å²) in [6, 6.07) is 13.9. The fourth-order valence-electron chi connectivity index (χ4n) is 6.07. The molecule has 42 heavy (non-hydrogen) atoms. The van der Waals surface area contributed by atoms with Gasteiger partial charge in [0.25, 0.3) is 0 Å². The van der Waals surface area contributed by atoms with E-state index in [2.05, 4.69) is 51.0 Å². The Hall–Kier alpha value is -4.63. The van der Waals surface area contributed by atoms with Crippen molar-refractivity contribution in [1.82, 2.24) is 24.7 Å². The molecule has 0 saturated carbocycles. The van der Waals surface area contributed by atoms with Crippen LogP contribution in [0.1, 0.15) is 37.1 Å². The molecule has 1 unspecified atom stereocenters. The largest absolute Gasteiger partial charge is 0.370 e. The van der Waals surface area contributed by atoms with Crippen molar-refractivity contribution in [3.05, 3.63) is 96.2 Å². The number of nitrogens with zero attached hydrogens (tertiary/aromatic N) is 5. The van der Waals surface area contributed by atoms with E-state index in [-0.39, 0.29) is 12.1 Å². The number of rotatable bonds is 5. The number of halogens is 2. The zero-order valence-corrected chi connectivity index (χ0v) is 23.5. The lowest BCUT2D eigenvalue weighted by atomic mass is 9.96. The van der Waals surface area contributed by atoms with Crippen LogP contribution in [0.15, 0.2) is 73.3 Å². The summed E-state index contributed by atoms with van der Waals surface area (Å²) < 4.78 is 31.2. The third kappa shape index (κ3) is 4.59. The van der Waals surface area contributed by atoms with Gasteiger partial charge >= 0.3 is 0 Å². The minimum absolute atomic E-state index is 0.118. The standard InChI is InChI=1S/C33H31F2N7/c1-19-3-5-29(37-15-19)20(2)42-18-28(21-4-6-30-23(11-21)16-39-40-30)31-32(41-9-7-26(36)8-10-41)27(17-38-33(31)42)22-12-24(34)14-25(35)13-22/h3-6,11-18,20,26H,7-10,36H2,1-2H3,(H,39,40). The van der Waals surface area contributed by atoms with Gasteiger partial charge in [-0.3, -0.25) is 10.1 Å². The van der Waals surface area contributed by atoms with Crippen LogP contribution in [0.5, 0.6) is 0 Å². The molecule has 0 amide bonds. The minimum Gasteiger partial charge on any atom is -0.370 e. The van der Waals surface area contributed by atoms with Crippen LogP contribution in [-0.4, -0.2) is 43.9 Å². The number of nitrogens with one attached hydrogen (secondary N) is 1. The van der Waals surface area contributed by atoms with Crippen LogP contribution in [0.2, 0.25) is 0 Å². The maximum atomic E-state index is 14.5. The highest BCUT2D eigenvalue weighted by atomic mass is 19.1. The predicted molar refractivity (Wildman–Crippen MR) is 162 cm³/mol. The lowest BCUT2D eigenvalue weighted by molar-refractivity contribution is 0.502. The quantitative estimate of drug-likeness (QED) is 0.242. The van der Waals surface area contributed by atoms with Crippen molar-refractivity contribution in [2.45, 2.75) is 38.8 Å². The van der Waals surface area contributed by atoms with Crippen molar-refractivity contribution < 1.29 is 8.78 Å². The number of anilines is 1. The van der Waals surface area contributed by atoms with Crippen molar-refractivity contribution >= 4 is 27.6 Å². The molecular formula is C33H31F2N7. The number of aromatic nitrogens is 5. The Balaban J connectivity index is 1.54. The summed E-state index contributed by atoms with van der Waals surface area (Å²) >= 11 is 0. The molecular weight excluding hydrogens is 532 g/mol. The molecule has 2 aromatic carbocycles. The second kappa shape index (κ2) is 10.3. The van der Waals surface area contributed by atoms with Crippen LogP contribution in [0.3, 0.4) is 0 Å². The molecule has 1 aliphatic heterocycles. The van der Waals surface area contributed by atoms with Gasteiger partial charge < -0.3 is 15.2 Å². The smallest absolute Gasteiger partial charge is 0.143 e. The molecule has 212 valence electrons. The van der Waals surface area contributed by atoms with E-state index in [0.29, 0.717) is 11.1 Å². The molecule has 7 rings (SSSR count). The first kappa shape index (κ1) is 26.3. The average Bonchev–Trinajstić information content (AvgIpc) is 3.61. The Bertz CT molecular complexity index is 1900. The fourth-order valence-corrected chi connectivity index (χ4v) is 6.07. The number of piperidine rings is 1. The molecule has 0 radical (unpaired) electrons. The number of benzene rings is 2. The van der Waals surface area contributed by atoms with E-state index >= 15 is 0 Å². The number of hydrogen-bond donors (Lipinski definition) is 2. The summed E-state index contributed by atoms with van der Waals surface area (Å²) in [5.74, 6) is -1.25. The van der Waals surface area contributed by atoms with Crippen LogP contribution >= 0.6 is 0 Å². The second-order valence-corrected chi connectivity index (χ2v) is 11.3. The monoisotopic (exact) mass is 563 g/mol.